The number of hydrogen-bond donors (Lipinski definition) is 4. The Bertz CT molecular complexity index is 1640. The van der Waals surface area contributed by atoms with Gasteiger partial charge in [0, 0.05) is 47.1 Å². The summed E-state index contributed by atoms with van der Waals surface area (Å²) in [6, 6.07) is 26.2. The van der Waals surface area contributed by atoms with Crippen LogP contribution < -0.4 is 10.6 Å². The summed E-state index contributed by atoms with van der Waals surface area (Å²) in [5.74, 6) is -0.452. The summed E-state index contributed by atoms with van der Waals surface area (Å²) in [6.45, 7) is 2.38. The quantitative estimate of drug-likeness (QED) is 0.186. The average molecular weight is 533 g/mol. The van der Waals surface area contributed by atoms with Gasteiger partial charge in [0.25, 0.3) is 5.91 Å². The van der Waals surface area contributed by atoms with E-state index in [1.807, 2.05) is 67.8 Å². The summed E-state index contributed by atoms with van der Waals surface area (Å²) in [5.41, 5.74) is 3.28. The van der Waals surface area contributed by atoms with Gasteiger partial charge in [-0.3, -0.25) is 9.59 Å². The molecule has 5 aromatic rings. The third kappa shape index (κ3) is 4.90. The molecule has 40 heavy (non-hydrogen) atoms. The van der Waals surface area contributed by atoms with Crippen LogP contribution in [0, 0.1) is 0 Å². The van der Waals surface area contributed by atoms with Gasteiger partial charge in [0.15, 0.2) is 0 Å². The summed E-state index contributed by atoms with van der Waals surface area (Å²) in [5, 5.41) is 8.47. The van der Waals surface area contributed by atoms with Crippen LogP contribution in [-0.2, 0) is 16.6 Å². The Morgan fingerprint density at radius 3 is 2.48 bits per heavy atom. The van der Waals surface area contributed by atoms with Crippen molar-refractivity contribution in [3.05, 3.63) is 108 Å². The number of amides is 2. The van der Waals surface area contributed by atoms with Gasteiger partial charge >= 0.3 is 0 Å². The number of aromatic amines is 2. The molecule has 1 unspecified atom stereocenters. The van der Waals surface area contributed by atoms with E-state index in [4.69, 9.17) is 0 Å². The second-order valence-corrected chi connectivity index (χ2v) is 11.5. The molecular formula is C34H36N4O2. The molecule has 1 fully saturated rings. The fourth-order valence-corrected chi connectivity index (χ4v) is 6.46. The first-order valence-electron chi connectivity index (χ1n) is 14.2. The van der Waals surface area contributed by atoms with Crippen LogP contribution >= 0.6 is 0 Å². The maximum atomic E-state index is 14.2. The van der Waals surface area contributed by atoms with E-state index < -0.39 is 5.54 Å². The molecule has 0 spiro atoms. The number of para-hydroxylation sites is 2. The lowest BCUT2D eigenvalue weighted by Gasteiger charge is -2.39. The zero-order valence-corrected chi connectivity index (χ0v) is 22.9. The van der Waals surface area contributed by atoms with Crippen molar-refractivity contribution in [3.63, 3.8) is 0 Å². The Morgan fingerprint density at radius 1 is 0.875 bits per heavy atom. The topological polar surface area (TPSA) is 89.8 Å². The van der Waals surface area contributed by atoms with Crippen LogP contribution in [0.15, 0.2) is 91.3 Å². The molecule has 1 saturated carbocycles. The molecule has 6 heteroatoms. The number of nitrogens with one attached hydrogen (secondary N) is 4. The molecule has 2 aromatic heterocycles. The monoisotopic (exact) mass is 532 g/mol. The summed E-state index contributed by atoms with van der Waals surface area (Å²) in [6.07, 6.45) is 9.72. The van der Waals surface area contributed by atoms with Crippen LogP contribution in [0.1, 0.15) is 60.5 Å². The predicted octanol–water partition coefficient (Wildman–Crippen LogP) is 6.40. The molecule has 0 radical (unpaired) electrons. The molecule has 1 aliphatic rings. The number of carbonyl (C=O) groups excluding carboxylic acids is 2. The second kappa shape index (κ2) is 10.7. The minimum atomic E-state index is -1.18. The number of rotatable bonds is 8. The van der Waals surface area contributed by atoms with E-state index in [9.17, 15) is 9.59 Å². The third-order valence-electron chi connectivity index (χ3n) is 8.73. The van der Waals surface area contributed by atoms with Crippen LogP contribution in [0.5, 0.6) is 0 Å². The number of benzene rings is 3. The maximum Gasteiger partial charge on any atom is 0.254 e. The van der Waals surface area contributed by atoms with Gasteiger partial charge in [0.2, 0.25) is 5.91 Å². The molecule has 4 N–H and O–H groups in total. The second-order valence-electron chi connectivity index (χ2n) is 11.5. The van der Waals surface area contributed by atoms with Gasteiger partial charge < -0.3 is 20.6 Å². The zero-order chi connectivity index (χ0) is 27.6. The highest BCUT2D eigenvalue weighted by molar-refractivity contribution is 6.07. The van der Waals surface area contributed by atoms with E-state index in [0.29, 0.717) is 18.5 Å². The highest BCUT2D eigenvalue weighted by Gasteiger charge is 2.39. The van der Waals surface area contributed by atoms with Gasteiger partial charge in [0.05, 0.1) is 11.1 Å². The van der Waals surface area contributed by atoms with Gasteiger partial charge in [-0.2, -0.15) is 0 Å². The van der Waals surface area contributed by atoms with Crippen molar-refractivity contribution in [2.75, 3.05) is 6.54 Å². The van der Waals surface area contributed by atoms with E-state index >= 15 is 0 Å². The number of H-pyrrole nitrogens is 2. The van der Waals surface area contributed by atoms with E-state index in [1.54, 1.807) is 6.07 Å². The number of fused-ring (bicyclic) bond motifs is 2. The van der Waals surface area contributed by atoms with Crippen molar-refractivity contribution in [2.45, 2.75) is 56.4 Å². The minimum absolute atomic E-state index is 0.100. The van der Waals surface area contributed by atoms with Crippen molar-refractivity contribution in [1.82, 2.24) is 20.6 Å². The summed E-state index contributed by atoms with van der Waals surface area (Å²) >= 11 is 0. The molecule has 2 heterocycles. The molecule has 6 rings (SSSR count). The number of carbonyl (C=O) groups is 2. The average Bonchev–Trinajstić information content (AvgIpc) is 3.64. The van der Waals surface area contributed by atoms with Crippen LogP contribution in [0.25, 0.3) is 21.8 Å². The lowest BCUT2D eigenvalue weighted by Crippen LogP contribution is -2.59. The van der Waals surface area contributed by atoms with Crippen LogP contribution in [0.2, 0.25) is 0 Å². The zero-order valence-electron chi connectivity index (χ0n) is 22.9. The first-order chi connectivity index (χ1) is 19.5. The summed E-state index contributed by atoms with van der Waals surface area (Å²) < 4.78 is 0. The first-order valence-corrected chi connectivity index (χ1v) is 14.2. The highest BCUT2D eigenvalue weighted by atomic mass is 16.2. The van der Waals surface area contributed by atoms with Gasteiger partial charge in [-0.15, -0.1) is 0 Å². The summed E-state index contributed by atoms with van der Waals surface area (Å²) in [4.78, 5) is 34.4. The fourth-order valence-electron chi connectivity index (χ4n) is 6.46. The van der Waals surface area contributed by atoms with Crippen LogP contribution in [-0.4, -0.2) is 33.9 Å². The fraction of sp³-hybridized carbons (Fsp3) is 0.294. The Hall–Kier alpha value is -4.32. The standard InChI is InChI=1S/C34H36N4O2/c1-33(21-25-22-36-29-16-7-6-14-27(25)29,38-31(39)28-15-10-11-24-17-20-35-30(24)28)32(40)37-23-34(18-8-3-9-19-34)26-12-4-2-5-13-26/h2,4-7,10-17,20,22,35-36H,3,8-9,18-19,21,23H2,1H3,(H,37,40)(H,38,39). The van der Waals surface area contributed by atoms with E-state index in [2.05, 4.69) is 44.9 Å². The third-order valence-corrected chi connectivity index (χ3v) is 8.73. The Kier molecular flexibility index (Phi) is 6.93. The van der Waals surface area contributed by atoms with Gasteiger partial charge in [0.1, 0.15) is 5.54 Å². The molecule has 0 saturated heterocycles. The highest BCUT2D eigenvalue weighted by Crippen LogP contribution is 2.39. The molecule has 0 aliphatic heterocycles. The van der Waals surface area contributed by atoms with E-state index in [0.717, 1.165) is 53.1 Å². The molecule has 2 amide bonds. The number of hydrogen-bond acceptors (Lipinski definition) is 2. The molecule has 1 aliphatic carbocycles. The van der Waals surface area contributed by atoms with Crippen molar-refractivity contribution >= 4 is 33.6 Å². The van der Waals surface area contributed by atoms with Gasteiger partial charge in [-0.25, -0.2) is 0 Å². The number of aromatic nitrogens is 2. The summed E-state index contributed by atoms with van der Waals surface area (Å²) in [7, 11) is 0. The molecule has 6 nitrogen and oxygen atoms in total. The Morgan fingerprint density at radius 2 is 1.65 bits per heavy atom. The lowest BCUT2D eigenvalue weighted by molar-refractivity contribution is -0.127. The molecule has 204 valence electrons. The van der Waals surface area contributed by atoms with Crippen molar-refractivity contribution in [3.8, 4) is 0 Å². The predicted molar refractivity (Wildman–Crippen MR) is 160 cm³/mol. The van der Waals surface area contributed by atoms with Crippen LogP contribution in [0.3, 0.4) is 0 Å². The largest absolute Gasteiger partial charge is 0.361 e. The van der Waals surface area contributed by atoms with Gasteiger partial charge in [-0.05, 0) is 49.1 Å². The minimum Gasteiger partial charge on any atom is -0.361 e. The van der Waals surface area contributed by atoms with Gasteiger partial charge in [-0.1, -0.05) is 79.9 Å². The Balaban J connectivity index is 1.31. The molecule has 0 bridgehead atoms. The smallest absolute Gasteiger partial charge is 0.254 e. The molecule has 3 aromatic carbocycles. The normalized spacial score (nSPS) is 16.4. The van der Waals surface area contributed by atoms with Crippen LogP contribution in [0.4, 0.5) is 0 Å². The molecular weight excluding hydrogens is 496 g/mol. The first kappa shape index (κ1) is 25.9. The van der Waals surface area contributed by atoms with Crippen molar-refractivity contribution in [1.29, 1.82) is 0 Å². The van der Waals surface area contributed by atoms with Crippen molar-refractivity contribution in [2.24, 2.45) is 0 Å². The Labute approximate surface area is 234 Å². The van der Waals surface area contributed by atoms with E-state index in [1.165, 1.54) is 12.0 Å². The SMILES string of the molecule is CC(Cc1c[nH]c2ccccc12)(NC(=O)c1cccc2cc[nH]c12)C(=O)NCC1(c2ccccc2)CCCCC1. The lowest BCUT2D eigenvalue weighted by atomic mass is 9.69. The van der Waals surface area contributed by atoms with Crippen molar-refractivity contribution < 1.29 is 9.59 Å². The van der Waals surface area contributed by atoms with E-state index in [-0.39, 0.29) is 17.2 Å². The molecule has 1 atom stereocenters. The maximum absolute atomic E-state index is 14.2.